The number of morpholine rings is 1. The summed E-state index contributed by atoms with van der Waals surface area (Å²) in [7, 11) is -0.203. The molecule has 2 aliphatic heterocycles. The Labute approximate surface area is 200 Å². The number of rotatable bonds is 8. The lowest BCUT2D eigenvalue weighted by Gasteiger charge is -2.39. The van der Waals surface area contributed by atoms with Crippen molar-refractivity contribution < 1.29 is 22.7 Å². The highest BCUT2D eigenvalue weighted by molar-refractivity contribution is 7.89. The summed E-state index contributed by atoms with van der Waals surface area (Å²) < 4.78 is 38.0. The third-order valence-corrected chi connectivity index (χ3v) is 8.00. The number of benzene rings is 1. The zero-order valence-electron chi connectivity index (χ0n) is 19.7. The SMILES string of the molecule is COCCCN1c2nc(Nc3cccc(S(=O)(=O)N4CCOCC4)c3)ccc2N(C)C(=O)[C@H]1C. The first-order chi connectivity index (χ1) is 16.3. The molecule has 0 bridgehead atoms. The van der Waals surface area contributed by atoms with Crippen molar-refractivity contribution in [3.05, 3.63) is 36.4 Å². The van der Waals surface area contributed by atoms with Crippen LogP contribution in [-0.2, 0) is 24.3 Å². The maximum Gasteiger partial charge on any atom is 0.249 e. The number of nitrogens with zero attached hydrogens (tertiary/aromatic N) is 4. The summed E-state index contributed by atoms with van der Waals surface area (Å²) in [5, 5.41) is 3.22. The first-order valence-electron chi connectivity index (χ1n) is 11.3. The number of sulfonamides is 1. The Kier molecular flexibility index (Phi) is 7.36. The van der Waals surface area contributed by atoms with Crippen molar-refractivity contribution in [3.63, 3.8) is 0 Å². The van der Waals surface area contributed by atoms with Gasteiger partial charge in [-0.3, -0.25) is 4.79 Å². The summed E-state index contributed by atoms with van der Waals surface area (Å²) in [6, 6.07) is 10.0. The fourth-order valence-corrected chi connectivity index (χ4v) is 5.65. The quantitative estimate of drug-likeness (QED) is 0.562. The van der Waals surface area contributed by atoms with Crippen LogP contribution in [0.25, 0.3) is 0 Å². The molecule has 0 saturated carbocycles. The Hall–Kier alpha value is -2.73. The second-order valence-electron chi connectivity index (χ2n) is 8.32. The second-order valence-corrected chi connectivity index (χ2v) is 10.3. The molecule has 1 aromatic carbocycles. The van der Waals surface area contributed by atoms with E-state index in [9.17, 15) is 13.2 Å². The number of ether oxygens (including phenoxy) is 2. The zero-order chi connectivity index (χ0) is 24.3. The van der Waals surface area contributed by atoms with Crippen molar-refractivity contribution in [2.24, 2.45) is 0 Å². The fraction of sp³-hybridized carbons (Fsp3) is 0.478. The average Bonchev–Trinajstić information content (AvgIpc) is 2.85. The number of nitrogens with one attached hydrogen (secondary N) is 1. The van der Waals surface area contributed by atoms with Crippen LogP contribution in [0.4, 0.5) is 23.0 Å². The van der Waals surface area contributed by atoms with E-state index in [1.54, 1.807) is 49.4 Å². The van der Waals surface area contributed by atoms with Gasteiger partial charge < -0.3 is 24.6 Å². The van der Waals surface area contributed by atoms with Crippen LogP contribution in [0.2, 0.25) is 0 Å². The van der Waals surface area contributed by atoms with E-state index in [2.05, 4.69) is 5.32 Å². The number of likely N-dealkylation sites (N-methyl/N-ethyl adjacent to an activating group) is 1. The highest BCUT2D eigenvalue weighted by Crippen LogP contribution is 2.35. The Balaban J connectivity index is 1.60. The predicted molar refractivity (Wildman–Crippen MR) is 130 cm³/mol. The molecule has 34 heavy (non-hydrogen) atoms. The van der Waals surface area contributed by atoms with Gasteiger partial charge in [-0.2, -0.15) is 4.31 Å². The van der Waals surface area contributed by atoms with Gasteiger partial charge in [-0.25, -0.2) is 13.4 Å². The maximum absolute atomic E-state index is 13.0. The number of anilines is 4. The van der Waals surface area contributed by atoms with Gasteiger partial charge in [0.1, 0.15) is 11.9 Å². The standard InChI is InChI=1S/C23H31N5O5S/c1-17-23(29)26(2)20-8-9-21(25-22(20)28(17)10-5-13-32-3)24-18-6-4-7-19(16-18)34(30,31)27-11-14-33-15-12-27/h4,6-9,16-17H,5,10-15H2,1-3H3,(H,24,25)/t17-/m1/s1. The molecule has 11 heteroatoms. The highest BCUT2D eigenvalue weighted by Gasteiger charge is 2.34. The smallest absolute Gasteiger partial charge is 0.249 e. The molecule has 1 fully saturated rings. The van der Waals surface area contributed by atoms with Gasteiger partial charge in [0.15, 0.2) is 5.82 Å². The Bertz CT molecular complexity index is 1140. The van der Waals surface area contributed by atoms with Crippen molar-refractivity contribution >= 4 is 38.9 Å². The molecule has 2 aliphatic rings. The first kappa shape index (κ1) is 24.4. The lowest BCUT2D eigenvalue weighted by molar-refractivity contribution is -0.119. The number of pyridine rings is 1. The molecule has 10 nitrogen and oxygen atoms in total. The molecule has 0 radical (unpaired) electrons. The zero-order valence-corrected chi connectivity index (χ0v) is 20.5. The number of carbonyl (C=O) groups is 1. The maximum atomic E-state index is 13.0. The van der Waals surface area contributed by atoms with Gasteiger partial charge in [0.25, 0.3) is 0 Å². The number of methoxy groups -OCH3 is 1. The molecule has 2 aromatic rings. The molecule has 0 unspecified atom stereocenters. The van der Waals surface area contributed by atoms with E-state index in [-0.39, 0.29) is 16.8 Å². The number of carbonyl (C=O) groups excluding carboxylic acids is 1. The largest absolute Gasteiger partial charge is 0.385 e. The number of amides is 1. The lowest BCUT2D eigenvalue weighted by Crippen LogP contribution is -2.51. The van der Waals surface area contributed by atoms with Gasteiger partial charge in [0, 0.05) is 46.1 Å². The Morgan fingerprint density at radius 3 is 2.71 bits per heavy atom. The van der Waals surface area contributed by atoms with Crippen LogP contribution >= 0.6 is 0 Å². The van der Waals surface area contributed by atoms with Crippen LogP contribution < -0.4 is 15.1 Å². The van der Waals surface area contributed by atoms with Gasteiger partial charge >= 0.3 is 0 Å². The van der Waals surface area contributed by atoms with Gasteiger partial charge in [-0.05, 0) is 43.7 Å². The molecular formula is C23H31N5O5S. The molecule has 1 amide bonds. The normalized spacial score (nSPS) is 19.3. The molecule has 4 rings (SSSR count). The molecule has 1 saturated heterocycles. The van der Waals surface area contributed by atoms with E-state index >= 15 is 0 Å². The Morgan fingerprint density at radius 2 is 1.97 bits per heavy atom. The molecule has 0 spiro atoms. The monoisotopic (exact) mass is 489 g/mol. The second kappa shape index (κ2) is 10.3. The van der Waals surface area contributed by atoms with Crippen LogP contribution in [0.5, 0.6) is 0 Å². The molecule has 3 heterocycles. The fourth-order valence-electron chi connectivity index (χ4n) is 4.20. The van der Waals surface area contributed by atoms with Crippen molar-refractivity contribution in [2.75, 3.05) is 68.7 Å². The number of hydrogen-bond donors (Lipinski definition) is 1. The number of fused-ring (bicyclic) bond motifs is 1. The number of aromatic nitrogens is 1. The van der Waals surface area contributed by atoms with E-state index in [4.69, 9.17) is 14.5 Å². The minimum absolute atomic E-state index is 0.00782. The van der Waals surface area contributed by atoms with Crippen molar-refractivity contribution in [1.29, 1.82) is 0 Å². The van der Waals surface area contributed by atoms with Crippen LogP contribution in [0, 0.1) is 0 Å². The van der Waals surface area contributed by atoms with Gasteiger partial charge in [-0.1, -0.05) is 6.07 Å². The van der Waals surface area contributed by atoms with Crippen molar-refractivity contribution in [3.8, 4) is 0 Å². The topological polar surface area (TPSA) is 104 Å². The molecular weight excluding hydrogens is 458 g/mol. The molecule has 1 N–H and O–H groups in total. The van der Waals surface area contributed by atoms with Gasteiger partial charge in [-0.15, -0.1) is 0 Å². The number of hydrogen-bond acceptors (Lipinski definition) is 8. The lowest BCUT2D eigenvalue weighted by atomic mass is 10.1. The van der Waals surface area contributed by atoms with Crippen LogP contribution in [0.1, 0.15) is 13.3 Å². The summed E-state index contributed by atoms with van der Waals surface area (Å²) >= 11 is 0. The Morgan fingerprint density at radius 1 is 1.21 bits per heavy atom. The summed E-state index contributed by atoms with van der Waals surface area (Å²) in [6.07, 6.45) is 0.762. The minimum atomic E-state index is -3.60. The summed E-state index contributed by atoms with van der Waals surface area (Å²) in [5.41, 5.74) is 1.34. The predicted octanol–water partition coefficient (Wildman–Crippen LogP) is 2.05. The summed E-state index contributed by atoms with van der Waals surface area (Å²) in [6.45, 7) is 4.57. The summed E-state index contributed by atoms with van der Waals surface area (Å²) in [5.74, 6) is 1.27. The van der Waals surface area contributed by atoms with Gasteiger partial charge in [0.05, 0.1) is 23.8 Å². The van der Waals surface area contributed by atoms with E-state index in [0.29, 0.717) is 56.8 Å². The molecule has 1 atom stereocenters. The van der Waals surface area contributed by atoms with Crippen molar-refractivity contribution in [2.45, 2.75) is 24.3 Å². The molecule has 1 aromatic heterocycles. The minimum Gasteiger partial charge on any atom is -0.385 e. The van der Waals surface area contributed by atoms with Gasteiger partial charge in [0.2, 0.25) is 15.9 Å². The third-order valence-electron chi connectivity index (χ3n) is 6.11. The molecule has 184 valence electrons. The van der Waals surface area contributed by atoms with E-state index < -0.39 is 10.0 Å². The molecule has 0 aliphatic carbocycles. The van der Waals surface area contributed by atoms with Crippen LogP contribution in [-0.4, -0.2) is 83.3 Å². The van der Waals surface area contributed by atoms with Crippen LogP contribution in [0.15, 0.2) is 41.3 Å². The van der Waals surface area contributed by atoms with E-state index in [1.807, 2.05) is 17.9 Å². The highest BCUT2D eigenvalue weighted by atomic mass is 32.2. The first-order valence-corrected chi connectivity index (χ1v) is 12.8. The van der Waals surface area contributed by atoms with E-state index in [0.717, 1.165) is 12.1 Å². The van der Waals surface area contributed by atoms with Crippen LogP contribution in [0.3, 0.4) is 0 Å². The third kappa shape index (κ3) is 4.88. The average molecular weight is 490 g/mol. The van der Waals surface area contributed by atoms with E-state index in [1.165, 1.54) is 4.31 Å². The summed E-state index contributed by atoms with van der Waals surface area (Å²) in [4.78, 5) is 21.3. The van der Waals surface area contributed by atoms with Crippen molar-refractivity contribution in [1.82, 2.24) is 9.29 Å².